The van der Waals surface area contributed by atoms with Gasteiger partial charge in [-0.2, -0.15) is 0 Å². The normalized spacial score (nSPS) is 20.6. The Bertz CT molecular complexity index is 234. The zero-order valence-electron chi connectivity index (χ0n) is 8.61. The van der Waals surface area contributed by atoms with Crippen molar-refractivity contribution in [2.45, 2.75) is 18.4 Å². The molecule has 1 aliphatic heterocycles. The van der Waals surface area contributed by atoms with E-state index in [0.29, 0.717) is 39.1 Å². The molecule has 0 aromatic carbocycles. The fraction of sp³-hybridized carbons (Fsp3) is 0.700. The van der Waals surface area contributed by atoms with Gasteiger partial charge >= 0.3 is 5.97 Å². The second-order valence-electron chi connectivity index (χ2n) is 3.71. The van der Waals surface area contributed by atoms with Crippen LogP contribution in [0.3, 0.4) is 0 Å². The lowest BCUT2D eigenvalue weighted by atomic mass is 9.94. The molecule has 0 unspecified atom stereocenters. The number of hydrogen-bond acceptors (Lipinski definition) is 4. The highest BCUT2D eigenvalue weighted by molar-refractivity contribution is 5.79. The van der Waals surface area contributed by atoms with Crippen LogP contribution in [0.15, 0.2) is 12.2 Å². The number of rotatable bonds is 5. The van der Waals surface area contributed by atoms with Gasteiger partial charge in [-0.3, -0.25) is 0 Å². The first-order valence-corrected chi connectivity index (χ1v) is 5.03. The second kappa shape index (κ2) is 5.85. The number of hydrogen-bond donors (Lipinski definition) is 3. The van der Waals surface area contributed by atoms with Gasteiger partial charge in [-0.1, -0.05) is 6.08 Å². The highest BCUT2D eigenvalue weighted by atomic mass is 16.5. The highest BCUT2D eigenvalue weighted by Crippen LogP contribution is 2.18. The molecule has 1 heterocycles. The molecule has 5 nitrogen and oxygen atoms in total. The quantitative estimate of drug-likeness (QED) is 0.435. The van der Waals surface area contributed by atoms with Crippen LogP contribution in [0.2, 0.25) is 0 Å². The smallest absolute Gasteiger partial charge is 0.328 e. The summed E-state index contributed by atoms with van der Waals surface area (Å²) in [5, 5.41) is 21.3. The van der Waals surface area contributed by atoms with Crippen molar-refractivity contribution >= 4 is 5.97 Å². The van der Waals surface area contributed by atoms with Crippen molar-refractivity contribution in [3.8, 4) is 0 Å². The topological polar surface area (TPSA) is 78.8 Å². The van der Waals surface area contributed by atoms with E-state index in [1.165, 1.54) is 6.08 Å². The van der Waals surface area contributed by atoms with Crippen LogP contribution >= 0.6 is 0 Å². The van der Waals surface area contributed by atoms with E-state index in [-0.39, 0.29) is 0 Å². The molecular weight excluding hydrogens is 198 g/mol. The summed E-state index contributed by atoms with van der Waals surface area (Å²) in [6.45, 7) is 2.10. The predicted octanol–water partition coefficient (Wildman–Crippen LogP) is -0.242. The minimum Gasteiger partial charge on any atom is -0.478 e. The fourth-order valence-electron chi connectivity index (χ4n) is 1.48. The van der Waals surface area contributed by atoms with Gasteiger partial charge in [0.2, 0.25) is 0 Å². The summed E-state index contributed by atoms with van der Waals surface area (Å²) in [5.74, 6) is -0.957. The Morgan fingerprint density at radius 3 is 2.73 bits per heavy atom. The Morgan fingerprint density at radius 2 is 2.13 bits per heavy atom. The maximum atomic E-state index is 10.1. The van der Waals surface area contributed by atoms with E-state index < -0.39 is 11.6 Å². The van der Waals surface area contributed by atoms with Crippen LogP contribution < -0.4 is 5.32 Å². The molecule has 3 N–H and O–H groups in total. The maximum absolute atomic E-state index is 10.1. The molecule has 1 saturated heterocycles. The molecule has 5 heteroatoms. The summed E-state index contributed by atoms with van der Waals surface area (Å²) in [7, 11) is 0. The first-order chi connectivity index (χ1) is 7.12. The number of aliphatic hydroxyl groups is 1. The number of ether oxygens (including phenoxy) is 1. The molecule has 1 fully saturated rings. The monoisotopic (exact) mass is 215 g/mol. The lowest BCUT2D eigenvalue weighted by Gasteiger charge is -2.32. The van der Waals surface area contributed by atoms with E-state index >= 15 is 0 Å². The van der Waals surface area contributed by atoms with Crippen LogP contribution in [-0.4, -0.2) is 48.1 Å². The minimum absolute atomic E-state index is 0.454. The lowest BCUT2D eigenvalue weighted by molar-refractivity contribution is -0.131. The van der Waals surface area contributed by atoms with Crippen molar-refractivity contribution in [1.29, 1.82) is 0 Å². The first-order valence-electron chi connectivity index (χ1n) is 5.03. The standard InChI is InChI=1S/C10H17NO4/c12-9(13)2-1-5-11-8-10(14)3-6-15-7-4-10/h1-2,11,14H,3-8H2,(H,12,13)/b2-1+. The van der Waals surface area contributed by atoms with E-state index in [0.717, 1.165) is 6.08 Å². The Kier molecular flexibility index (Phi) is 4.74. The molecule has 86 valence electrons. The summed E-state index contributed by atoms with van der Waals surface area (Å²) in [4.78, 5) is 10.1. The van der Waals surface area contributed by atoms with E-state index in [2.05, 4.69) is 5.32 Å². The van der Waals surface area contributed by atoms with E-state index in [4.69, 9.17) is 9.84 Å². The number of carboxylic acids is 1. The van der Waals surface area contributed by atoms with Gasteiger partial charge in [0, 0.05) is 45.2 Å². The predicted molar refractivity (Wildman–Crippen MR) is 54.6 cm³/mol. The molecule has 0 spiro atoms. The molecule has 0 aliphatic carbocycles. The van der Waals surface area contributed by atoms with Crippen molar-refractivity contribution in [2.75, 3.05) is 26.3 Å². The first kappa shape index (κ1) is 12.2. The molecule has 0 amide bonds. The number of aliphatic carboxylic acids is 1. The van der Waals surface area contributed by atoms with Crippen LogP contribution in [-0.2, 0) is 9.53 Å². The van der Waals surface area contributed by atoms with E-state index in [1.54, 1.807) is 0 Å². The van der Waals surface area contributed by atoms with Gasteiger partial charge < -0.3 is 20.3 Å². The molecular formula is C10H17NO4. The molecule has 0 aromatic rings. The highest BCUT2D eigenvalue weighted by Gasteiger charge is 2.28. The third-order valence-electron chi connectivity index (χ3n) is 2.40. The Labute approximate surface area is 88.7 Å². The van der Waals surface area contributed by atoms with Gasteiger partial charge in [-0.05, 0) is 0 Å². The molecule has 0 saturated carbocycles. The maximum Gasteiger partial charge on any atom is 0.328 e. The Balaban J connectivity index is 2.15. The molecule has 15 heavy (non-hydrogen) atoms. The zero-order valence-corrected chi connectivity index (χ0v) is 8.61. The third-order valence-corrected chi connectivity index (χ3v) is 2.40. The summed E-state index contributed by atoms with van der Waals surface area (Å²) < 4.78 is 5.14. The van der Waals surface area contributed by atoms with Gasteiger partial charge in [0.25, 0.3) is 0 Å². The molecule has 0 aromatic heterocycles. The van der Waals surface area contributed by atoms with Gasteiger partial charge in [0.1, 0.15) is 0 Å². The van der Waals surface area contributed by atoms with E-state index in [1.807, 2.05) is 0 Å². The van der Waals surface area contributed by atoms with Crippen LogP contribution in [0.5, 0.6) is 0 Å². The number of carbonyl (C=O) groups is 1. The third kappa shape index (κ3) is 4.92. The molecule has 1 aliphatic rings. The SMILES string of the molecule is O=C(O)/C=C/CNCC1(O)CCOCC1. The number of nitrogens with one attached hydrogen (secondary N) is 1. The van der Waals surface area contributed by atoms with Gasteiger partial charge in [-0.15, -0.1) is 0 Å². The average molecular weight is 215 g/mol. The van der Waals surface area contributed by atoms with Crippen LogP contribution in [0, 0.1) is 0 Å². The van der Waals surface area contributed by atoms with E-state index in [9.17, 15) is 9.90 Å². The average Bonchev–Trinajstić information content (AvgIpc) is 2.17. The fourth-order valence-corrected chi connectivity index (χ4v) is 1.48. The van der Waals surface area contributed by atoms with Crippen molar-refractivity contribution in [1.82, 2.24) is 5.32 Å². The van der Waals surface area contributed by atoms with Crippen molar-refractivity contribution in [3.05, 3.63) is 12.2 Å². The summed E-state index contributed by atoms with van der Waals surface area (Å²) in [6, 6.07) is 0. The Morgan fingerprint density at radius 1 is 1.47 bits per heavy atom. The minimum atomic E-state index is -0.957. The second-order valence-corrected chi connectivity index (χ2v) is 3.71. The summed E-state index contributed by atoms with van der Waals surface area (Å²) >= 11 is 0. The summed E-state index contributed by atoms with van der Waals surface area (Å²) in [5.41, 5.74) is -0.699. The zero-order chi connectivity index (χ0) is 11.1. The molecule has 1 rings (SSSR count). The number of carboxylic acid groups (broad SMARTS) is 1. The van der Waals surface area contributed by atoms with Gasteiger partial charge in [-0.25, -0.2) is 4.79 Å². The van der Waals surface area contributed by atoms with Crippen molar-refractivity contribution in [2.24, 2.45) is 0 Å². The van der Waals surface area contributed by atoms with Crippen LogP contribution in [0.1, 0.15) is 12.8 Å². The van der Waals surface area contributed by atoms with Gasteiger partial charge in [0.05, 0.1) is 5.60 Å². The largest absolute Gasteiger partial charge is 0.478 e. The van der Waals surface area contributed by atoms with Crippen LogP contribution in [0.4, 0.5) is 0 Å². The lowest BCUT2D eigenvalue weighted by Crippen LogP contribution is -2.45. The van der Waals surface area contributed by atoms with Crippen LogP contribution in [0.25, 0.3) is 0 Å². The summed E-state index contributed by atoms with van der Waals surface area (Å²) in [6.07, 6.45) is 3.86. The molecule has 0 radical (unpaired) electrons. The van der Waals surface area contributed by atoms with Crippen molar-refractivity contribution in [3.63, 3.8) is 0 Å². The van der Waals surface area contributed by atoms with Gasteiger partial charge in [0.15, 0.2) is 0 Å². The molecule has 0 atom stereocenters. The van der Waals surface area contributed by atoms with Crippen molar-refractivity contribution < 1.29 is 19.7 Å². The Hall–Kier alpha value is -0.910. The molecule has 0 bridgehead atoms.